The molecule has 1 aliphatic rings. The van der Waals surface area contributed by atoms with Crippen LogP contribution in [-0.4, -0.2) is 41.8 Å². The van der Waals surface area contributed by atoms with Crippen LogP contribution in [-0.2, 0) is 10.0 Å². The second-order valence-electron chi connectivity index (χ2n) is 6.66. The van der Waals surface area contributed by atoms with E-state index in [1.54, 1.807) is 24.3 Å². The van der Waals surface area contributed by atoms with Crippen LogP contribution in [0, 0.1) is 0 Å². The zero-order chi connectivity index (χ0) is 19.9. The van der Waals surface area contributed by atoms with Crippen molar-refractivity contribution in [2.75, 3.05) is 18.4 Å². The van der Waals surface area contributed by atoms with Crippen molar-refractivity contribution in [1.82, 2.24) is 9.29 Å². The van der Waals surface area contributed by atoms with Gasteiger partial charge < -0.3 is 15.4 Å². The molecule has 1 fully saturated rings. The fourth-order valence-electron chi connectivity index (χ4n) is 3.27. The summed E-state index contributed by atoms with van der Waals surface area (Å²) in [5, 5.41) is 14.0. The maximum atomic E-state index is 12.7. The van der Waals surface area contributed by atoms with Gasteiger partial charge in [0.05, 0.1) is 10.6 Å². The lowest BCUT2D eigenvalue weighted by Crippen LogP contribution is -2.28. The zero-order valence-electron chi connectivity index (χ0n) is 14.8. The third-order valence-corrected chi connectivity index (χ3v) is 6.88. The Balaban J connectivity index is 1.62. The van der Waals surface area contributed by atoms with E-state index in [0.29, 0.717) is 18.1 Å². The molecule has 0 saturated carbocycles. The van der Waals surface area contributed by atoms with Crippen LogP contribution in [0.25, 0.3) is 10.9 Å². The monoisotopic (exact) mass is 419 g/mol. The molecule has 146 valence electrons. The molecule has 3 N–H and O–H groups in total. The van der Waals surface area contributed by atoms with Crippen molar-refractivity contribution < 1.29 is 18.3 Å². The molecular weight excluding hydrogens is 402 g/mol. The molecule has 0 radical (unpaired) electrons. The summed E-state index contributed by atoms with van der Waals surface area (Å²) in [5.41, 5.74) is 1.04. The zero-order valence-corrected chi connectivity index (χ0v) is 16.3. The summed E-state index contributed by atoms with van der Waals surface area (Å²) in [6.45, 7) is 0.949. The van der Waals surface area contributed by atoms with Gasteiger partial charge in [0.1, 0.15) is 11.4 Å². The molecule has 0 unspecified atom stereocenters. The summed E-state index contributed by atoms with van der Waals surface area (Å²) >= 11 is 5.96. The average molecular weight is 420 g/mol. The lowest BCUT2D eigenvalue weighted by Gasteiger charge is -2.16. The lowest BCUT2D eigenvalue weighted by atomic mass is 10.2. The number of amides is 1. The molecule has 4 rings (SSSR count). The number of halogens is 1. The molecule has 1 amide bonds. The number of hydrogen-bond acceptors (Lipinski definition) is 4. The van der Waals surface area contributed by atoms with Gasteiger partial charge >= 0.3 is 0 Å². The number of rotatable bonds is 4. The van der Waals surface area contributed by atoms with Gasteiger partial charge in [-0.15, -0.1) is 0 Å². The highest BCUT2D eigenvalue weighted by Gasteiger charge is 2.28. The number of phenols is 1. The Kier molecular flexibility index (Phi) is 4.78. The van der Waals surface area contributed by atoms with Crippen molar-refractivity contribution in [2.45, 2.75) is 17.7 Å². The van der Waals surface area contributed by atoms with Gasteiger partial charge in [-0.3, -0.25) is 4.79 Å². The first-order valence-corrected chi connectivity index (χ1v) is 10.6. The first-order chi connectivity index (χ1) is 13.3. The highest BCUT2D eigenvalue weighted by atomic mass is 35.5. The largest absolute Gasteiger partial charge is 0.506 e. The number of fused-ring (bicyclic) bond motifs is 1. The Labute approximate surface area is 167 Å². The van der Waals surface area contributed by atoms with E-state index in [1.165, 1.54) is 22.5 Å². The number of aromatic amines is 1. The van der Waals surface area contributed by atoms with Crippen LogP contribution in [0.3, 0.4) is 0 Å². The predicted octanol–water partition coefficient (Wildman–Crippen LogP) is 3.56. The summed E-state index contributed by atoms with van der Waals surface area (Å²) < 4.78 is 26.8. The van der Waals surface area contributed by atoms with Gasteiger partial charge in [-0.05, 0) is 55.3 Å². The van der Waals surface area contributed by atoms with Crippen molar-refractivity contribution in [3.63, 3.8) is 0 Å². The van der Waals surface area contributed by atoms with Crippen molar-refractivity contribution >= 4 is 44.1 Å². The highest BCUT2D eigenvalue weighted by molar-refractivity contribution is 7.89. The Bertz CT molecular complexity index is 1170. The number of nitrogens with zero attached hydrogens (tertiary/aromatic N) is 1. The standard InChI is InChI=1S/C19H18ClN3O4S/c20-13-3-5-15-12(9-13)10-17(21-15)19(25)22-16-11-14(4-6-18(16)24)28(26,27)23-7-1-2-8-23/h3-6,9-11,21,24H,1-2,7-8H2,(H,22,25). The SMILES string of the molecule is O=C(Nc1cc(S(=O)(=O)N2CCCC2)ccc1O)c1cc2cc(Cl)ccc2[nH]1. The number of benzene rings is 2. The molecule has 2 heterocycles. The summed E-state index contributed by atoms with van der Waals surface area (Å²) in [7, 11) is -3.66. The number of carbonyl (C=O) groups excluding carboxylic acids is 1. The second kappa shape index (κ2) is 7.12. The predicted molar refractivity (Wildman–Crippen MR) is 107 cm³/mol. The highest BCUT2D eigenvalue weighted by Crippen LogP contribution is 2.30. The van der Waals surface area contributed by atoms with Crippen LogP contribution in [0.15, 0.2) is 47.4 Å². The van der Waals surface area contributed by atoms with Crippen LogP contribution in [0.5, 0.6) is 5.75 Å². The fraction of sp³-hybridized carbons (Fsp3) is 0.211. The number of aromatic nitrogens is 1. The number of H-pyrrole nitrogens is 1. The van der Waals surface area contributed by atoms with Crippen molar-refractivity contribution in [1.29, 1.82) is 0 Å². The summed E-state index contributed by atoms with van der Waals surface area (Å²) in [4.78, 5) is 15.6. The van der Waals surface area contributed by atoms with Crippen LogP contribution in [0.1, 0.15) is 23.3 Å². The van der Waals surface area contributed by atoms with Gasteiger partial charge in [-0.25, -0.2) is 8.42 Å². The molecule has 0 spiro atoms. The van der Waals surface area contributed by atoms with Gasteiger partial charge in [0.25, 0.3) is 5.91 Å². The van der Waals surface area contributed by atoms with Gasteiger partial charge in [-0.2, -0.15) is 4.31 Å². The number of aromatic hydroxyl groups is 1. The number of carbonyl (C=O) groups is 1. The Morgan fingerprint density at radius 1 is 1.11 bits per heavy atom. The molecule has 3 aromatic rings. The number of anilines is 1. The smallest absolute Gasteiger partial charge is 0.272 e. The van der Waals surface area contributed by atoms with E-state index in [9.17, 15) is 18.3 Å². The third kappa shape index (κ3) is 3.46. The normalized spacial score (nSPS) is 15.2. The number of sulfonamides is 1. The van der Waals surface area contributed by atoms with Crippen LogP contribution >= 0.6 is 11.6 Å². The van der Waals surface area contributed by atoms with Crippen molar-refractivity contribution in [3.8, 4) is 5.75 Å². The molecule has 1 saturated heterocycles. The number of hydrogen-bond donors (Lipinski definition) is 3. The number of phenolic OH excluding ortho intramolecular Hbond substituents is 1. The van der Waals surface area contributed by atoms with E-state index in [-0.39, 0.29) is 22.0 Å². The average Bonchev–Trinajstić information content (AvgIpc) is 3.32. The van der Waals surface area contributed by atoms with Gasteiger partial charge in [0, 0.05) is 29.0 Å². The quantitative estimate of drug-likeness (QED) is 0.562. The maximum absolute atomic E-state index is 12.7. The Morgan fingerprint density at radius 3 is 2.61 bits per heavy atom. The number of nitrogens with one attached hydrogen (secondary N) is 2. The molecule has 0 bridgehead atoms. The van der Waals surface area contributed by atoms with E-state index in [2.05, 4.69) is 10.3 Å². The summed E-state index contributed by atoms with van der Waals surface area (Å²) in [6, 6.07) is 10.7. The molecule has 28 heavy (non-hydrogen) atoms. The minimum Gasteiger partial charge on any atom is -0.506 e. The van der Waals surface area contributed by atoms with Crippen LogP contribution in [0.2, 0.25) is 5.02 Å². The Hall–Kier alpha value is -2.55. The van der Waals surface area contributed by atoms with Gasteiger partial charge in [0.2, 0.25) is 10.0 Å². The van der Waals surface area contributed by atoms with Gasteiger partial charge in [-0.1, -0.05) is 11.6 Å². The molecule has 2 aromatic carbocycles. The summed E-state index contributed by atoms with van der Waals surface area (Å²) in [6.07, 6.45) is 1.65. The maximum Gasteiger partial charge on any atom is 0.272 e. The topological polar surface area (TPSA) is 102 Å². The lowest BCUT2D eigenvalue weighted by molar-refractivity contribution is 0.102. The van der Waals surface area contributed by atoms with E-state index in [0.717, 1.165) is 23.7 Å². The van der Waals surface area contributed by atoms with Crippen LogP contribution < -0.4 is 5.32 Å². The van der Waals surface area contributed by atoms with Crippen molar-refractivity contribution in [3.05, 3.63) is 53.2 Å². The molecule has 0 aliphatic carbocycles. The molecule has 0 atom stereocenters. The van der Waals surface area contributed by atoms with Crippen molar-refractivity contribution in [2.24, 2.45) is 0 Å². The molecule has 7 nitrogen and oxygen atoms in total. The Morgan fingerprint density at radius 2 is 1.86 bits per heavy atom. The molecular formula is C19H18ClN3O4S. The molecule has 9 heteroatoms. The van der Waals surface area contributed by atoms with E-state index < -0.39 is 15.9 Å². The first kappa shape index (κ1) is 18.8. The minimum absolute atomic E-state index is 0.0296. The van der Waals surface area contributed by atoms with Crippen LogP contribution in [0.4, 0.5) is 5.69 Å². The molecule has 1 aliphatic heterocycles. The fourth-order valence-corrected chi connectivity index (χ4v) is 4.99. The van der Waals surface area contributed by atoms with E-state index in [4.69, 9.17) is 11.6 Å². The van der Waals surface area contributed by atoms with Gasteiger partial charge in [0.15, 0.2) is 0 Å². The van der Waals surface area contributed by atoms with E-state index in [1.807, 2.05) is 0 Å². The minimum atomic E-state index is -3.66. The van der Waals surface area contributed by atoms with E-state index >= 15 is 0 Å². The summed E-state index contributed by atoms with van der Waals surface area (Å²) in [5.74, 6) is -0.716. The third-order valence-electron chi connectivity index (χ3n) is 4.75. The second-order valence-corrected chi connectivity index (χ2v) is 9.03. The first-order valence-electron chi connectivity index (χ1n) is 8.77. The molecule has 1 aromatic heterocycles.